The quantitative estimate of drug-likeness (QED) is 0.794. The Balaban J connectivity index is 0.00000264. The Labute approximate surface area is 137 Å². The summed E-state index contributed by atoms with van der Waals surface area (Å²) in [7, 11) is -4.14. The maximum absolute atomic E-state index is 13.5. The van der Waals surface area contributed by atoms with Crippen LogP contribution in [0.25, 0.3) is 0 Å². The second-order valence-electron chi connectivity index (χ2n) is 5.44. The van der Waals surface area contributed by atoms with E-state index in [0.717, 1.165) is 18.9 Å². The van der Waals surface area contributed by atoms with E-state index in [1.54, 1.807) is 0 Å². The van der Waals surface area contributed by atoms with Gasteiger partial charge in [-0.15, -0.1) is 12.4 Å². The second kappa shape index (κ2) is 6.92. The smallest absolute Gasteiger partial charge is 0.329 e. The molecule has 1 saturated carbocycles. The number of rotatable bonds is 4. The van der Waals surface area contributed by atoms with Gasteiger partial charge in [0.25, 0.3) is 0 Å². The Morgan fingerprint density at radius 3 is 2.22 bits per heavy atom. The van der Waals surface area contributed by atoms with E-state index in [-0.39, 0.29) is 19.0 Å². The van der Waals surface area contributed by atoms with Gasteiger partial charge >= 0.3 is 6.18 Å². The topological polar surface area (TPSA) is 72.2 Å². The molecule has 1 aliphatic carbocycles. The molecule has 0 aromatic heterocycles. The third-order valence-corrected chi connectivity index (χ3v) is 5.43. The summed E-state index contributed by atoms with van der Waals surface area (Å²) in [4.78, 5) is -0.544. The average Bonchev–Trinajstić information content (AvgIpc) is 2.85. The molecule has 0 amide bonds. The highest BCUT2D eigenvalue weighted by Crippen LogP contribution is 2.33. The van der Waals surface area contributed by atoms with Crippen LogP contribution in [0.2, 0.25) is 0 Å². The van der Waals surface area contributed by atoms with Crippen LogP contribution in [0.3, 0.4) is 0 Å². The summed E-state index contributed by atoms with van der Waals surface area (Å²) in [6.45, 7) is 0.0787. The molecule has 0 saturated heterocycles. The molecule has 1 aromatic rings. The maximum Gasteiger partial charge on any atom is 0.419 e. The van der Waals surface area contributed by atoms with Crippen molar-refractivity contribution in [1.29, 1.82) is 0 Å². The fraction of sp³-hybridized carbons (Fsp3) is 0.538. The minimum atomic E-state index is -4.87. The van der Waals surface area contributed by atoms with Gasteiger partial charge in [0.2, 0.25) is 10.0 Å². The first-order chi connectivity index (χ1) is 10.1. The predicted octanol–water partition coefficient (Wildman–Crippen LogP) is 2.82. The number of hydrogen-bond acceptors (Lipinski definition) is 3. The molecule has 0 heterocycles. The number of nitrogens with two attached hydrogens (primary N) is 1. The van der Waals surface area contributed by atoms with Crippen molar-refractivity contribution in [1.82, 2.24) is 4.72 Å². The van der Waals surface area contributed by atoms with Crippen LogP contribution < -0.4 is 10.5 Å². The number of halogens is 5. The van der Waals surface area contributed by atoms with Crippen LogP contribution in [-0.4, -0.2) is 20.5 Å². The highest BCUT2D eigenvalue weighted by Gasteiger charge is 2.38. The van der Waals surface area contributed by atoms with Crippen molar-refractivity contribution >= 4 is 22.4 Å². The summed E-state index contributed by atoms with van der Waals surface area (Å²) in [5.41, 5.74) is 3.31. The van der Waals surface area contributed by atoms with Gasteiger partial charge in [-0.1, -0.05) is 12.8 Å². The zero-order valence-corrected chi connectivity index (χ0v) is 13.6. The Bertz CT molecular complexity index is 658. The normalized spacial score (nSPS) is 17.8. The number of benzene rings is 1. The summed E-state index contributed by atoms with van der Waals surface area (Å²) in [5.74, 6) is -1.62. The Hall–Kier alpha value is -0.900. The van der Waals surface area contributed by atoms with E-state index in [2.05, 4.69) is 4.72 Å². The van der Waals surface area contributed by atoms with Gasteiger partial charge in [-0.25, -0.2) is 17.5 Å². The summed E-state index contributed by atoms with van der Waals surface area (Å²) < 4.78 is 77.9. The molecule has 0 spiro atoms. The van der Waals surface area contributed by atoms with Gasteiger partial charge in [-0.2, -0.15) is 13.2 Å². The fourth-order valence-electron chi connectivity index (χ4n) is 2.64. The minimum Gasteiger partial charge on any atom is -0.329 e. The number of hydrogen-bond donors (Lipinski definition) is 2. The lowest BCUT2D eigenvalue weighted by molar-refractivity contribution is -0.140. The van der Waals surface area contributed by atoms with Crippen molar-refractivity contribution in [3.8, 4) is 0 Å². The molecule has 4 nitrogen and oxygen atoms in total. The molecule has 0 aliphatic heterocycles. The molecule has 3 N–H and O–H groups in total. The van der Waals surface area contributed by atoms with Crippen molar-refractivity contribution in [2.24, 2.45) is 5.73 Å². The Kier molecular flexibility index (Phi) is 6.06. The van der Waals surface area contributed by atoms with Crippen molar-refractivity contribution in [3.63, 3.8) is 0 Å². The molecule has 1 aliphatic rings. The first-order valence-electron chi connectivity index (χ1n) is 6.70. The van der Waals surface area contributed by atoms with E-state index in [1.165, 1.54) is 0 Å². The summed E-state index contributed by atoms with van der Waals surface area (Å²) >= 11 is 0. The molecule has 1 aromatic carbocycles. The van der Waals surface area contributed by atoms with Gasteiger partial charge in [0, 0.05) is 12.1 Å². The van der Waals surface area contributed by atoms with E-state index < -0.39 is 38.0 Å². The molecule has 2 rings (SSSR count). The highest BCUT2D eigenvalue weighted by molar-refractivity contribution is 7.89. The van der Waals surface area contributed by atoms with Crippen LogP contribution in [0, 0.1) is 5.82 Å². The van der Waals surface area contributed by atoms with Crippen molar-refractivity contribution in [2.45, 2.75) is 42.3 Å². The number of nitrogens with one attached hydrogen (secondary N) is 1. The third kappa shape index (κ3) is 4.34. The molecule has 23 heavy (non-hydrogen) atoms. The molecule has 10 heteroatoms. The maximum atomic E-state index is 13.5. The van der Waals surface area contributed by atoms with Gasteiger partial charge in [0.05, 0.1) is 10.5 Å². The van der Waals surface area contributed by atoms with Crippen LogP contribution >= 0.6 is 12.4 Å². The van der Waals surface area contributed by atoms with Gasteiger partial charge < -0.3 is 5.73 Å². The molecule has 0 unspecified atom stereocenters. The van der Waals surface area contributed by atoms with Gasteiger partial charge in [0.1, 0.15) is 5.82 Å². The van der Waals surface area contributed by atoms with Crippen molar-refractivity contribution in [2.75, 3.05) is 6.54 Å². The molecular weight excluding hydrogens is 360 g/mol. The van der Waals surface area contributed by atoms with Gasteiger partial charge in [0.15, 0.2) is 0 Å². The number of sulfonamides is 1. The zero-order valence-electron chi connectivity index (χ0n) is 12.0. The third-order valence-electron chi connectivity index (χ3n) is 3.86. The van der Waals surface area contributed by atoms with Gasteiger partial charge in [-0.05, 0) is 31.0 Å². The van der Waals surface area contributed by atoms with E-state index in [1.807, 2.05) is 0 Å². The lowest BCUT2D eigenvalue weighted by Gasteiger charge is -2.28. The summed E-state index contributed by atoms with van der Waals surface area (Å²) in [5, 5.41) is 0. The number of alkyl halides is 3. The predicted molar refractivity (Wildman–Crippen MR) is 79.2 cm³/mol. The Morgan fingerprint density at radius 2 is 1.78 bits per heavy atom. The van der Waals surface area contributed by atoms with Crippen LogP contribution in [0.1, 0.15) is 31.2 Å². The van der Waals surface area contributed by atoms with Crippen molar-refractivity contribution in [3.05, 3.63) is 29.6 Å². The molecular formula is C13H17ClF4N2O2S. The molecule has 0 bridgehead atoms. The molecule has 0 atom stereocenters. The summed E-state index contributed by atoms with van der Waals surface area (Å²) in [6, 6.07) is 1.55. The summed E-state index contributed by atoms with van der Waals surface area (Å²) in [6.07, 6.45) is -2.16. The largest absolute Gasteiger partial charge is 0.419 e. The van der Waals surface area contributed by atoms with Crippen molar-refractivity contribution < 1.29 is 26.0 Å². The van der Waals surface area contributed by atoms with Crippen LogP contribution in [-0.2, 0) is 16.2 Å². The van der Waals surface area contributed by atoms with Crippen LogP contribution in [0.4, 0.5) is 17.6 Å². The van der Waals surface area contributed by atoms with E-state index in [0.29, 0.717) is 25.0 Å². The van der Waals surface area contributed by atoms with E-state index in [4.69, 9.17) is 5.73 Å². The highest BCUT2D eigenvalue weighted by atomic mass is 35.5. The van der Waals surface area contributed by atoms with Gasteiger partial charge in [-0.3, -0.25) is 0 Å². The Morgan fingerprint density at radius 1 is 1.22 bits per heavy atom. The van der Waals surface area contributed by atoms with Crippen LogP contribution in [0.15, 0.2) is 23.1 Å². The average molecular weight is 377 g/mol. The first kappa shape index (κ1) is 20.1. The lowest BCUT2D eigenvalue weighted by Crippen LogP contribution is -2.51. The SMILES string of the molecule is Cl.NCC1(NS(=O)(=O)c2ccc(C(F)(F)F)c(F)c2)CCCC1. The molecule has 132 valence electrons. The van der Waals surface area contributed by atoms with E-state index in [9.17, 15) is 26.0 Å². The minimum absolute atomic E-state index is 0. The lowest BCUT2D eigenvalue weighted by atomic mass is 10.0. The standard InChI is InChI=1S/C13H16F4N2O2S.ClH/c14-11-7-9(3-4-10(11)13(15,16)17)22(20,21)19-12(8-18)5-1-2-6-12;/h3-4,7,19H,1-2,5-6,8,18H2;1H. The van der Waals surface area contributed by atoms with E-state index >= 15 is 0 Å². The molecule has 0 radical (unpaired) electrons. The first-order valence-corrected chi connectivity index (χ1v) is 8.19. The second-order valence-corrected chi connectivity index (χ2v) is 7.12. The molecule has 1 fully saturated rings. The van der Waals surface area contributed by atoms with Crippen LogP contribution in [0.5, 0.6) is 0 Å². The fourth-order valence-corrected chi connectivity index (χ4v) is 4.12. The zero-order chi connectivity index (χ0) is 16.6. The monoisotopic (exact) mass is 376 g/mol.